The maximum absolute atomic E-state index is 14.6. The Bertz CT molecular complexity index is 975. The van der Waals surface area contributed by atoms with Crippen molar-refractivity contribution in [2.45, 2.75) is 24.0 Å². The first-order valence-electron chi connectivity index (χ1n) is 7.19. The molecule has 0 aliphatic heterocycles. The number of hydrogen-bond donors (Lipinski definition) is 2. The van der Waals surface area contributed by atoms with Crippen LogP contribution in [0.2, 0.25) is 0 Å². The minimum atomic E-state index is -4.85. The van der Waals surface area contributed by atoms with Gasteiger partial charge in [0.2, 0.25) is 10.0 Å². The molecule has 0 aliphatic carbocycles. The number of rotatable bonds is 5. The van der Waals surface area contributed by atoms with Crippen molar-refractivity contribution in [3.63, 3.8) is 0 Å². The molecule has 0 saturated carbocycles. The van der Waals surface area contributed by atoms with E-state index in [0.717, 1.165) is 10.8 Å². The van der Waals surface area contributed by atoms with Gasteiger partial charge in [0.25, 0.3) is 5.91 Å². The number of carbonyl (C=O) groups is 1. The molecule has 2 N–H and O–H groups in total. The fourth-order valence-electron chi connectivity index (χ4n) is 2.05. The van der Waals surface area contributed by atoms with Crippen LogP contribution in [0, 0.1) is 5.82 Å². The van der Waals surface area contributed by atoms with E-state index in [1.54, 1.807) is 0 Å². The Balaban J connectivity index is 2.34. The van der Waals surface area contributed by atoms with Gasteiger partial charge in [0.15, 0.2) is 5.82 Å². The molecule has 1 amide bonds. The zero-order chi connectivity index (χ0) is 20.6. The summed E-state index contributed by atoms with van der Waals surface area (Å²) < 4.78 is 79.1. The number of sulfonamides is 1. The summed E-state index contributed by atoms with van der Waals surface area (Å²) >= 11 is 3.09. The second-order valence-electron chi connectivity index (χ2n) is 5.47. The van der Waals surface area contributed by atoms with Crippen LogP contribution in [0.15, 0.2) is 34.0 Å². The van der Waals surface area contributed by atoms with E-state index in [1.807, 2.05) is 0 Å². The SMILES string of the molecule is C[C@@H](NS(=O)(=O)c1cn(C)c(C(=O)Nc2ccnc(Br)c2)c1F)C(F)(F)F. The van der Waals surface area contributed by atoms with E-state index in [0.29, 0.717) is 11.5 Å². The van der Waals surface area contributed by atoms with Gasteiger partial charge < -0.3 is 9.88 Å². The number of nitrogens with zero attached hydrogens (tertiary/aromatic N) is 2. The first-order valence-corrected chi connectivity index (χ1v) is 9.47. The lowest BCUT2D eigenvalue weighted by atomic mass is 10.3. The monoisotopic (exact) mass is 472 g/mol. The average molecular weight is 473 g/mol. The minimum absolute atomic E-state index is 0.246. The number of amides is 1. The number of nitrogens with one attached hydrogen (secondary N) is 2. The van der Waals surface area contributed by atoms with Gasteiger partial charge in [-0.25, -0.2) is 17.8 Å². The molecule has 0 saturated heterocycles. The standard InChI is InChI=1S/C14H13BrF4N4O3S/c1-7(14(17,18)19)22-27(25,26)9-6-23(2)12(11(9)16)13(24)21-8-3-4-20-10(15)5-8/h3-7,22H,1-2H3,(H,20,21,24)/t7-/m1/s1. The highest BCUT2D eigenvalue weighted by molar-refractivity contribution is 9.10. The summed E-state index contributed by atoms with van der Waals surface area (Å²) in [6.07, 6.45) is -2.77. The molecule has 0 spiro atoms. The summed E-state index contributed by atoms with van der Waals surface area (Å²) in [7, 11) is -3.66. The number of carbonyl (C=O) groups excluding carboxylic acids is 1. The molecule has 0 fully saturated rings. The van der Waals surface area contributed by atoms with Crippen LogP contribution < -0.4 is 10.0 Å². The van der Waals surface area contributed by atoms with Gasteiger partial charge in [-0.15, -0.1) is 0 Å². The normalized spacial score (nSPS) is 13.4. The van der Waals surface area contributed by atoms with Crippen LogP contribution in [0.4, 0.5) is 23.2 Å². The van der Waals surface area contributed by atoms with Gasteiger partial charge in [-0.05, 0) is 35.0 Å². The number of anilines is 1. The van der Waals surface area contributed by atoms with Crippen LogP contribution in [-0.2, 0) is 17.1 Å². The van der Waals surface area contributed by atoms with Crippen molar-refractivity contribution < 1.29 is 30.8 Å². The third-order valence-corrected chi connectivity index (χ3v) is 5.36. The zero-order valence-electron chi connectivity index (χ0n) is 13.8. The summed E-state index contributed by atoms with van der Waals surface area (Å²) in [5.41, 5.74) is -0.418. The van der Waals surface area contributed by atoms with E-state index in [2.05, 4.69) is 26.2 Å². The number of aromatic nitrogens is 2. The fourth-order valence-corrected chi connectivity index (χ4v) is 3.77. The van der Waals surface area contributed by atoms with E-state index in [4.69, 9.17) is 0 Å². The van der Waals surface area contributed by atoms with Gasteiger partial charge in [-0.3, -0.25) is 4.79 Å². The molecule has 2 rings (SSSR count). The van der Waals surface area contributed by atoms with E-state index in [-0.39, 0.29) is 5.69 Å². The Labute approximate surface area is 160 Å². The maximum atomic E-state index is 14.6. The lowest BCUT2D eigenvalue weighted by Crippen LogP contribution is -2.43. The Morgan fingerprint density at radius 1 is 1.37 bits per heavy atom. The highest BCUT2D eigenvalue weighted by Crippen LogP contribution is 2.25. The predicted octanol–water partition coefficient (Wildman–Crippen LogP) is 2.80. The third kappa shape index (κ3) is 4.84. The van der Waals surface area contributed by atoms with Crippen molar-refractivity contribution in [3.8, 4) is 0 Å². The van der Waals surface area contributed by atoms with Gasteiger partial charge in [0.05, 0.1) is 0 Å². The minimum Gasteiger partial charge on any atom is -0.343 e. The number of hydrogen-bond acceptors (Lipinski definition) is 4. The van der Waals surface area contributed by atoms with Crippen molar-refractivity contribution in [3.05, 3.63) is 40.6 Å². The average Bonchev–Trinajstić information content (AvgIpc) is 2.81. The van der Waals surface area contributed by atoms with Crippen LogP contribution in [-0.4, -0.2) is 36.1 Å². The fraction of sp³-hybridized carbons (Fsp3) is 0.286. The molecule has 2 aromatic rings. The highest BCUT2D eigenvalue weighted by Gasteiger charge is 2.40. The summed E-state index contributed by atoms with van der Waals surface area (Å²) in [5.74, 6) is -2.46. The molecule has 2 aromatic heterocycles. The van der Waals surface area contributed by atoms with E-state index in [9.17, 15) is 30.8 Å². The van der Waals surface area contributed by atoms with Crippen LogP contribution in [0.5, 0.6) is 0 Å². The molecular weight excluding hydrogens is 460 g/mol. The molecule has 0 aliphatic rings. The Kier molecular flexibility index (Phi) is 5.97. The topological polar surface area (TPSA) is 93.1 Å². The van der Waals surface area contributed by atoms with Crippen molar-refractivity contribution >= 4 is 37.5 Å². The lowest BCUT2D eigenvalue weighted by molar-refractivity contribution is -0.147. The van der Waals surface area contributed by atoms with Crippen molar-refractivity contribution in [1.29, 1.82) is 0 Å². The molecule has 27 heavy (non-hydrogen) atoms. The quantitative estimate of drug-likeness (QED) is 0.516. The molecular formula is C14H13BrF4N4O3S. The maximum Gasteiger partial charge on any atom is 0.404 e. The first-order chi connectivity index (χ1) is 12.3. The van der Waals surface area contributed by atoms with Crippen LogP contribution >= 0.6 is 15.9 Å². The van der Waals surface area contributed by atoms with Gasteiger partial charge >= 0.3 is 6.18 Å². The highest BCUT2D eigenvalue weighted by atomic mass is 79.9. The van der Waals surface area contributed by atoms with E-state index >= 15 is 0 Å². The smallest absolute Gasteiger partial charge is 0.343 e. The molecule has 0 radical (unpaired) electrons. The van der Waals surface area contributed by atoms with Crippen LogP contribution in [0.25, 0.3) is 0 Å². The number of halogens is 5. The summed E-state index contributed by atoms with van der Waals surface area (Å²) in [6.45, 7) is 0.577. The summed E-state index contributed by atoms with van der Waals surface area (Å²) in [6, 6.07) is 0.394. The third-order valence-electron chi connectivity index (χ3n) is 3.40. The molecule has 7 nitrogen and oxygen atoms in total. The van der Waals surface area contributed by atoms with Crippen molar-refractivity contribution in [2.75, 3.05) is 5.32 Å². The number of pyridine rings is 1. The predicted molar refractivity (Wildman–Crippen MR) is 91.1 cm³/mol. The summed E-state index contributed by atoms with van der Waals surface area (Å²) in [5, 5.41) is 2.35. The molecule has 0 bridgehead atoms. The lowest BCUT2D eigenvalue weighted by Gasteiger charge is -2.16. The zero-order valence-corrected chi connectivity index (χ0v) is 16.2. The Morgan fingerprint density at radius 2 is 2.00 bits per heavy atom. The van der Waals surface area contributed by atoms with Gasteiger partial charge in [0.1, 0.15) is 21.2 Å². The summed E-state index contributed by atoms with van der Waals surface area (Å²) in [4.78, 5) is 15.1. The second-order valence-corrected chi connectivity index (χ2v) is 7.97. The molecule has 0 aromatic carbocycles. The van der Waals surface area contributed by atoms with Crippen LogP contribution in [0.3, 0.4) is 0 Å². The van der Waals surface area contributed by atoms with E-state index < -0.39 is 44.6 Å². The van der Waals surface area contributed by atoms with Crippen molar-refractivity contribution in [2.24, 2.45) is 7.05 Å². The van der Waals surface area contributed by atoms with E-state index in [1.165, 1.54) is 30.1 Å². The molecule has 13 heteroatoms. The molecule has 0 unspecified atom stereocenters. The van der Waals surface area contributed by atoms with Gasteiger partial charge in [-0.1, -0.05) is 0 Å². The van der Waals surface area contributed by atoms with Gasteiger partial charge in [0, 0.05) is 25.1 Å². The molecule has 2 heterocycles. The number of alkyl halides is 3. The first kappa shape index (κ1) is 21.3. The largest absolute Gasteiger partial charge is 0.404 e. The second kappa shape index (κ2) is 7.56. The Morgan fingerprint density at radius 3 is 2.56 bits per heavy atom. The van der Waals surface area contributed by atoms with Crippen molar-refractivity contribution in [1.82, 2.24) is 14.3 Å². The Hall–Kier alpha value is -1.99. The number of aryl methyl sites for hydroxylation is 1. The molecule has 1 atom stereocenters. The molecule has 148 valence electrons. The van der Waals surface area contributed by atoms with Gasteiger partial charge in [-0.2, -0.15) is 17.9 Å². The van der Waals surface area contributed by atoms with Crippen LogP contribution in [0.1, 0.15) is 17.4 Å².